The summed E-state index contributed by atoms with van der Waals surface area (Å²) in [7, 11) is 0. The number of ether oxygens (including phenoxy) is 1. The van der Waals surface area contributed by atoms with Crippen LogP contribution in [0.25, 0.3) is 0 Å². The third-order valence-electron chi connectivity index (χ3n) is 5.09. The van der Waals surface area contributed by atoms with Crippen LogP contribution in [0.3, 0.4) is 0 Å². The number of hydrogen-bond acceptors (Lipinski definition) is 4. The quantitative estimate of drug-likeness (QED) is 0.752. The maximum Gasteiger partial charge on any atom is 0.403 e. The molecule has 28 heavy (non-hydrogen) atoms. The fourth-order valence-corrected chi connectivity index (χ4v) is 3.07. The molecule has 0 spiro atoms. The minimum absolute atomic E-state index is 0.257. The van der Waals surface area contributed by atoms with Crippen molar-refractivity contribution in [1.29, 1.82) is 0 Å². The van der Waals surface area contributed by atoms with E-state index in [0.717, 1.165) is 25.1 Å². The number of carbonyl (C=O) groups is 1. The first kappa shape index (κ1) is 20.4. The van der Waals surface area contributed by atoms with E-state index in [1.807, 2.05) is 5.32 Å². The van der Waals surface area contributed by atoms with Crippen molar-refractivity contribution in [2.45, 2.75) is 37.4 Å². The fourth-order valence-electron chi connectivity index (χ4n) is 3.07. The molecule has 0 radical (unpaired) electrons. The lowest BCUT2D eigenvalue weighted by molar-refractivity contribution is -0.189. The van der Waals surface area contributed by atoms with Crippen LogP contribution in [0, 0.1) is 11.2 Å². The third kappa shape index (κ3) is 3.21. The van der Waals surface area contributed by atoms with Crippen LogP contribution >= 0.6 is 0 Å². The highest BCUT2D eigenvalue weighted by Gasteiger charge is 2.68. The number of benzene rings is 1. The standard InChI is InChI=1S/C17H17F6N3O2/c1-14(16(19,20)8-28-7-12(24)26-14)10-6-9(2-3-11(10)18)25-13(27)15(4-5-15)17(21,22)23/h2-3,6H,4-5,7-8H2,1H3,(H2,24,26)(H,25,27). The SMILES string of the molecule is CC1(c2cc(NC(=O)C3(C(F)(F)F)CC3)ccc2F)N=C(N)COCC1(F)F. The Bertz CT molecular complexity index is 835. The minimum atomic E-state index is -4.74. The molecule has 1 saturated carbocycles. The largest absolute Gasteiger partial charge is 0.403 e. The van der Waals surface area contributed by atoms with Crippen molar-refractivity contribution in [3.05, 3.63) is 29.6 Å². The number of alkyl halides is 5. The average molecular weight is 409 g/mol. The number of rotatable bonds is 3. The van der Waals surface area contributed by atoms with Gasteiger partial charge in [0.1, 0.15) is 30.3 Å². The first-order valence-corrected chi connectivity index (χ1v) is 8.30. The summed E-state index contributed by atoms with van der Waals surface area (Å²) in [6, 6.07) is 2.61. The number of carbonyl (C=O) groups excluding carboxylic acids is 1. The molecule has 1 atom stereocenters. The Labute approximate surface area is 155 Å². The van der Waals surface area contributed by atoms with Gasteiger partial charge in [0.25, 0.3) is 5.92 Å². The summed E-state index contributed by atoms with van der Waals surface area (Å²) in [6.45, 7) is -0.519. The summed E-state index contributed by atoms with van der Waals surface area (Å²) in [4.78, 5) is 15.8. The van der Waals surface area contributed by atoms with Crippen LogP contribution in [0.2, 0.25) is 0 Å². The van der Waals surface area contributed by atoms with Gasteiger partial charge < -0.3 is 15.8 Å². The van der Waals surface area contributed by atoms with E-state index in [1.54, 1.807) is 0 Å². The summed E-state index contributed by atoms with van der Waals surface area (Å²) in [5, 5.41) is 2.05. The van der Waals surface area contributed by atoms with E-state index >= 15 is 0 Å². The molecular formula is C17H17F6N3O2. The number of nitrogens with two attached hydrogens (primary N) is 1. The van der Waals surface area contributed by atoms with Crippen LogP contribution in [0.5, 0.6) is 0 Å². The smallest absolute Gasteiger partial charge is 0.385 e. The maximum absolute atomic E-state index is 14.6. The number of amides is 1. The van der Waals surface area contributed by atoms with Gasteiger partial charge in [-0.2, -0.15) is 13.2 Å². The molecular weight excluding hydrogens is 392 g/mol. The molecule has 3 rings (SSSR count). The lowest BCUT2D eigenvalue weighted by Crippen LogP contribution is -2.45. The van der Waals surface area contributed by atoms with Crippen molar-refractivity contribution in [3.8, 4) is 0 Å². The van der Waals surface area contributed by atoms with E-state index < -0.39 is 46.9 Å². The van der Waals surface area contributed by atoms with Crippen LogP contribution in [-0.4, -0.2) is 37.1 Å². The summed E-state index contributed by atoms with van der Waals surface area (Å²) >= 11 is 0. The Hall–Kier alpha value is -2.30. The van der Waals surface area contributed by atoms with Gasteiger partial charge in [-0.3, -0.25) is 9.79 Å². The van der Waals surface area contributed by atoms with E-state index in [-0.39, 0.29) is 31.0 Å². The number of amidine groups is 1. The van der Waals surface area contributed by atoms with Crippen LogP contribution < -0.4 is 11.1 Å². The zero-order valence-electron chi connectivity index (χ0n) is 14.7. The number of nitrogens with zero attached hydrogens (tertiary/aromatic N) is 1. The number of aliphatic imine (C=N–C) groups is 1. The minimum Gasteiger partial charge on any atom is -0.385 e. The van der Waals surface area contributed by atoms with E-state index in [0.29, 0.717) is 0 Å². The van der Waals surface area contributed by atoms with Gasteiger partial charge in [-0.05, 0) is 38.0 Å². The van der Waals surface area contributed by atoms with Crippen LogP contribution in [-0.2, 0) is 15.1 Å². The van der Waals surface area contributed by atoms with Gasteiger partial charge >= 0.3 is 6.18 Å². The molecule has 1 aromatic rings. The van der Waals surface area contributed by atoms with Gasteiger partial charge in [0.15, 0.2) is 5.54 Å². The van der Waals surface area contributed by atoms with E-state index in [2.05, 4.69) is 4.99 Å². The van der Waals surface area contributed by atoms with Crippen molar-refractivity contribution in [3.63, 3.8) is 0 Å². The van der Waals surface area contributed by atoms with Crippen molar-refractivity contribution in [2.75, 3.05) is 18.5 Å². The van der Waals surface area contributed by atoms with Crippen molar-refractivity contribution < 1.29 is 35.9 Å². The first-order chi connectivity index (χ1) is 12.8. The average Bonchev–Trinajstić information content (AvgIpc) is 3.37. The second-order valence-electron chi connectivity index (χ2n) is 7.10. The number of nitrogens with one attached hydrogen (secondary N) is 1. The monoisotopic (exact) mass is 409 g/mol. The topological polar surface area (TPSA) is 76.7 Å². The number of anilines is 1. The molecule has 11 heteroatoms. The van der Waals surface area contributed by atoms with Crippen molar-refractivity contribution in [1.82, 2.24) is 0 Å². The van der Waals surface area contributed by atoms with Gasteiger partial charge in [0.2, 0.25) is 5.91 Å². The van der Waals surface area contributed by atoms with Gasteiger partial charge in [0, 0.05) is 11.3 Å². The Morgan fingerprint density at radius 1 is 1.29 bits per heavy atom. The highest BCUT2D eigenvalue weighted by molar-refractivity contribution is 5.98. The van der Waals surface area contributed by atoms with Gasteiger partial charge in [-0.1, -0.05) is 0 Å². The predicted molar refractivity (Wildman–Crippen MR) is 87.5 cm³/mol. The van der Waals surface area contributed by atoms with Crippen LogP contribution in [0.15, 0.2) is 23.2 Å². The molecule has 1 fully saturated rings. The third-order valence-corrected chi connectivity index (χ3v) is 5.09. The van der Waals surface area contributed by atoms with Gasteiger partial charge in [0.05, 0.1) is 0 Å². The predicted octanol–water partition coefficient (Wildman–Crippen LogP) is 3.34. The molecule has 1 aliphatic heterocycles. The maximum atomic E-state index is 14.6. The zero-order valence-corrected chi connectivity index (χ0v) is 14.7. The summed E-state index contributed by atoms with van der Waals surface area (Å²) in [5.74, 6) is -6.35. The first-order valence-electron chi connectivity index (χ1n) is 8.30. The molecule has 0 aromatic heterocycles. The van der Waals surface area contributed by atoms with Gasteiger partial charge in [-0.25, -0.2) is 13.2 Å². The Morgan fingerprint density at radius 3 is 2.50 bits per heavy atom. The zero-order chi connectivity index (χ0) is 21.0. The summed E-state index contributed by atoms with van der Waals surface area (Å²) in [6.07, 6.45) is -5.48. The Kier molecular flexibility index (Phi) is 4.64. The van der Waals surface area contributed by atoms with Crippen LogP contribution in [0.1, 0.15) is 25.3 Å². The molecule has 1 aliphatic carbocycles. The normalized spacial score (nSPS) is 26.2. The van der Waals surface area contributed by atoms with Crippen molar-refractivity contribution >= 4 is 17.4 Å². The van der Waals surface area contributed by atoms with Crippen molar-refractivity contribution in [2.24, 2.45) is 16.1 Å². The molecule has 1 aromatic carbocycles. The lowest BCUT2D eigenvalue weighted by atomic mass is 9.85. The number of hydrogen-bond donors (Lipinski definition) is 2. The van der Waals surface area contributed by atoms with E-state index in [9.17, 15) is 31.1 Å². The van der Waals surface area contributed by atoms with Gasteiger partial charge in [-0.15, -0.1) is 0 Å². The molecule has 3 N–H and O–H groups in total. The summed E-state index contributed by atoms with van der Waals surface area (Å²) < 4.78 is 87.6. The molecule has 0 saturated heterocycles. The molecule has 1 unspecified atom stereocenters. The highest BCUT2D eigenvalue weighted by atomic mass is 19.4. The highest BCUT2D eigenvalue weighted by Crippen LogP contribution is 2.58. The molecule has 0 bridgehead atoms. The molecule has 1 amide bonds. The second-order valence-corrected chi connectivity index (χ2v) is 7.10. The Morgan fingerprint density at radius 2 is 1.93 bits per heavy atom. The lowest BCUT2D eigenvalue weighted by Gasteiger charge is -2.33. The summed E-state index contributed by atoms with van der Waals surface area (Å²) in [5.41, 5.74) is -0.334. The molecule has 5 nitrogen and oxygen atoms in total. The Balaban J connectivity index is 1.98. The van der Waals surface area contributed by atoms with Crippen LogP contribution in [0.4, 0.5) is 32.0 Å². The molecule has 1 heterocycles. The molecule has 154 valence electrons. The van der Waals surface area contributed by atoms with E-state index in [4.69, 9.17) is 10.5 Å². The number of halogens is 6. The molecule has 2 aliphatic rings. The fraction of sp³-hybridized carbons (Fsp3) is 0.529. The second kappa shape index (κ2) is 6.36. The van der Waals surface area contributed by atoms with E-state index in [1.165, 1.54) is 0 Å².